The van der Waals surface area contributed by atoms with Gasteiger partial charge in [-0.05, 0) is 30.6 Å². The van der Waals surface area contributed by atoms with Gasteiger partial charge in [0, 0.05) is 6.04 Å². The molecule has 0 aromatic rings. The molecule has 0 heterocycles. The van der Waals surface area contributed by atoms with Gasteiger partial charge in [0.25, 0.3) is 0 Å². The summed E-state index contributed by atoms with van der Waals surface area (Å²) in [6.07, 6.45) is 10.1. The summed E-state index contributed by atoms with van der Waals surface area (Å²) in [5, 5.41) is 0. The first-order valence-electron chi connectivity index (χ1n) is 6.04. The molecule has 3 unspecified atom stereocenters. The normalized spacial score (nSPS) is 42.5. The van der Waals surface area contributed by atoms with Crippen LogP contribution in [0.25, 0.3) is 0 Å². The third kappa shape index (κ3) is 1.90. The van der Waals surface area contributed by atoms with Crippen molar-refractivity contribution >= 4 is 0 Å². The summed E-state index contributed by atoms with van der Waals surface area (Å²) >= 11 is 0. The number of nitrogens with two attached hydrogens (primary N) is 1. The first-order chi connectivity index (χ1) is 6.29. The SMILES string of the molecule is CC1C(N)CCC1C1CCCCC1. The van der Waals surface area contributed by atoms with E-state index in [9.17, 15) is 0 Å². The van der Waals surface area contributed by atoms with Gasteiger partial charge in [0.1, 0.15) is 0 Å². The van der Waals surface area contributed by atoms with Gasteiger partial charge >= 0.3 is 0 Å². The molecule has 2 aliphatic carbocycles. The Labute approximate surface area is 82.1 Å². The van der Waals surface area contributed by atoms with Crippen molar-refractivity contribution in [2.45, 2.75) is 57.9 Å². The van der Waals surface area contributed by atoms with Crippen molar-refractivity contribution in [1.29, 1.82) is 0 Å². The van der Waals surface area contributed by atoms with Gasteiger partial charge in [-0.1, -0.05) is 39.0 Å². The zero-order chi connectivity index (χ0) is 9.26. The Morgan fingerprint density at radius 1 is 0.923 bits per heavy atom. The first kappa shape index (κ1) is 9.51. The van der Waals surface area contributed by atoms with E-state index in [1.54, 1.807) is 0 Å². The summed E-state index contributed by atoms with van der Waals surface area (Å²) in [6.45, 7) is 2.37. The van der Waals surface area contributed by atoms with Gasteiger partial charge in [-0.15, -0.1) is 0 Å². The molecule has 13 heavy (non-hydrogen) atoms. The van der Waals surface area contributed by atoms with Crippen LogP contribution in [0.1, 0.15) is 51.9 Å². The summed E-state index contributed by atoms with van der Waals surface area (Å²) in [7, 11) is 0. The fourth-order valence-electron chi connectivity index (χ4n) is 3.46. The summed E-state index contributed by atoms with van der Waals surface area (Å²) in [5.74, 6) is 2.79. The van der Waals surface area contributed by atoms with Crippen LogP contribution in [0.4, 0.5) is 0 Å². The van der Waals surface area contributed by atoms with Crippen LogP contribution < -0.4 is 5.73 Å². The van der Waals surface area contributed by atoms with E-state index in [1.165, 1.54) is 44.9 Å². The maximum atomic E-state index is 6.08. The molecule has 0 radical (unpaired) electrons. The maximum Gasteiger partial charge on any atom is 0.00673 e. The number of rotatable bonds is 1. The van der Waals surface area contributed by atoms with Gasteiger partial charge in [0.15, 0.2) is 0 Å². The standard InChI is InChI=1S/C12H23N/c1-9-11(7-8-12(9)13)10-5-3-2-4-6-10/h9-12H,2-8,13H2,1H3. The Balaban J connectivity index is 1.92. The average molecular weight is 181 g/mol. The highest BCUT2D eigenvalue weighted by atomic mass is 14.7. The van der Waals surface area contributed by atoms with Crippen LogP contribution in [0, 0.1) is 17.8 Å². The lowest BCUT2D eigenvalue weighted by atomic mass is 9.75. The van der Waals surface area contributed by atoms with Gasteiger partial charge < -0.3 is 5.73 Å². The Bertz CT molecular complexity index is 161. The van der Waals surface area contributed by atoms with E-state index in [4.69, 9.17) is 5.73 Å². The molecule has 0 bridgehead atoms. The van der Waals surface area contributed by atoms with Crippen molar-refractivity contribution in [2.75, 3.05) is 0 Å². The van der Waals surface area contributed by atoms with E-state index in [2.05, 4.69) is 6.92 Å². The Hall–Kier alpha value is -0.0400. The minimum atomic E-state index is 0.506. The first-order valence-corrected chi connectivity index (χ1v) is 6.04. The van der Waals surface area contributed by atoms with Crippen molar-refractivity contribution in [3.8, 4) is 0 Å². The quantitative estimate of drug-likeness (QED) is 0.661. The van der Waals surface area contributed by atoms with Gasteiger partial charge in [0.2, 0.25) is 0 Å². The van der Waals surface area contributed by atoms with Crippen LogP contribution >= 0.6 is 0 Å². The lowest BCUT2D eigenvalue weighted by Crippen LogP contribution is -2.29. The summed E-state index contributed by atoms with van der Waals surface area (Å²) in [4.78, 5) is 0. The minimum Gasteiger partial charge on any atom is -0.327 e. The minimum absolute atomic E-state index is 0.506. The fourth-order valence-corrected chi connectivity index (χ4v) is 3.46. The van der Waals surface area contributed by atoms with E-state index in [0.717, 1.165) is 17.8 Å². The molecule has 0 aromatic carbocycles. The summed E-state index contributed by atoms with van der Waals surface area (Å²) < 4.78 is 0. The van der Waals surface area contributed by atoms with Gasteiger partial charge in [0.05, 0.1) is 0 Å². The zero-order valence-corrected chi connectivity index (χ0v) is 8.84. The molecule has 2 N–H and O–H groups in total. The molecule has 0 aliphatic heterocycles. The van der Waals surface area contributed by atoms with E-state index in [1.807, 2.05) is 0 Å². The van der Waals surface area contributed by atoms with E-state index >= 15 is 0 Å². The molecule has 0 amide bonds. The third-order valence-electron chi connectivity index (χ3n) is 4.44. The molecule has 1 nitrogen and oxygen atoms in total. The molecule has 0 saturated heterocycles. The lowest BCUT2D eigenvalue weighted by Gasteiger charge is -2.30. The molecule has 3 atom stereocenters. The molecule has 1 heteroatoms. The maximum absolute atomic E-state index is 6.08. The van der Waals surface area contributed by atoms with Crippen LogP contribution in [-0.2, 0) is 0 Å². The van der Waals surface area contributed by atoms with Crippen molar-refractivity contribution < 1.29 is 0 Å². The Morgan fingerprint density at radius 3 is 2.15 bits per heavy atom. The van der Waals surface area contributed by atoms with E-state index in [-0.39, 0.29) is 0 Å². The highest BCUT2D eigenvalue weighted by Gasteiger charge is 2.35. The van der Waals surface area contributed by atoms with Crippen molar-refractivity contribution in [3.05, 3.63) is 0 Å². The highest BCUT2D eigenvalue weighted by Crippen LogP contribution is 2.42. The fraction of sp³-hybridized carbons (Fsp3) is 1.00. The summed E-state index contributed by atoms with van der Waals surface area (Å²) in [6, 6.07) is 0.506. The van der Waals surface area contributed by atoms with Gasteiger partial charge in [-0.25, -0.2) is 0 Å². The van der Waals surface area contributed by atoms with Crippen LogP contribution in [0.15, 0.2) is 0 Å². The molecule has 2 saturated carbocycles. The molecular formula is C12H23N. The molecule has 2 aliphatic rings. The van der Waals surface area contributed by atoms with Gasteiger partial charge in [-0.2, -0.15) is 0 Å². The van der Waals surface area contributed by atoms with Gasteiger partial charge in [-0.3, -0.25) is 0 Å². The molecule has 2 fully saturated rings. The Morgan fingerprint density at radius 2 is 1.62 bits per heavy atom. The average Bonchev–Trinajstić information content (AvgIpc) is 2.49. The molecule has 0 aromatic heterocycles. The summed E-state index contributed by atoms with van der Waals surface area (Å²) in [5.41, 5.74) is 6.08. The molecular weight excluding hydrogens is 158 g/mol. The second kappa shape index (κ2) is 4.00. The molecule has 2 rings (SSSR count). The van der Waals surface area contributed by atoms with Crippen molar-refractivity contribution in [2.24, 2.45) is 23.5 Å². The third-order valence-corrected chi connectivity index (χ3v) is 4.44. The number of hydrogen-bond acceptors (Lipinski definition) is 1. The van der Waals surface area contributed by atoms with Crippen LogP contribution in [0.2, 0.25) is 0 Å². The topological polar surface area (TPSA) is 26.0 Å². The smallest absolute Gasteiger partial charge is 0.00673 e. The van der Waals surface area contributed by atoms with Crippen LogP contribution in [-0.4, -0.2) is 6.04 Å². The zero-order valence-electron chi connectivity index (χ0n) is 8.84. The second-order valence-electron chi connectivity index (χ2n) is 5.16. The largest absolute Gasteiger partial charge is 0.327 e. The van der Waals surface area contributed by atoms with Crippen LogP contribution in [0.3, 0.4) is 0 Å². The van der Waals surface area contributed by atoms with E-state index in [0.29, 0.717) is 6.04 Å². The van der Waals surface area contributed by atoms with Crippen molar-refractivity contribution in [1.82, 2.24) is 0 Å². The monoisotopic (exact) mass is 181 g/mol. The predicted molar refractivity (Wildman–Crippen MR) is 56.4 cm³/mol. The molecule has 0 spiro atoms. The Kier molecular flexibility index (Phi) is 2.92. The predicted octanol–water partition coefficient (Wildman–Crippen LogP) is 2.94. The van der Waals surface area contributed by atoms with Crippen LogP contribution in [0.5, 0.6) is 0 Å². The highest BCUT2D eigenvalue weighted by molar-refractivity contribution is 4.89. The molecule has 76 valence electrons. The second-order valence-corrected chi connectivity index (χ2v) is 5.16. The van der Waals surface area contributed by atoms with E-state index < -0.39 is 0 Å². The van der Waals surface area contributed by atoms with Crippen molar-refractivity contribution in [3.63, 3.8) is 0 Å². The lowest BCUT2D eigenvalue weighted by molar-refractivity contribution is 0.206. The number of hydrogen-bond donors (Lipinski definition) is 1.